The molecule has 1 aliphatic heterocycles. The van der Waals surface area contributed by atoms with Gasteiger partial charge in [0.15, 0.2) is 0 Å². The molecule has 0 aliphatic carbocycles. The average molecular weight is 317 g/mol. The number of rotatable bonds is 6. The number of nitrogens with zero attached hydrogens (tertiary/aromatic N) is 2. The number of aliphatic carboxylic acids is 1. The van der Waals surface area contributed by atoms with E-state index < -0.39 is 12.0 Å². The van der Waals surface area contributed by atoms with Gasteiger partial charge in [0.2, 0.25) is 0 Å². The largest absolute Gasteiger partial charge is 0.480 e. The molecule has 0 aromatic carbocycles. The van der Waals surface area contributed by atoms with E-state index >= 15 is 0 Å². The first-order chi connectivity index (χ1) is 10.3. The van der Waals surface area contributed by atoms with Crippen LogP contribution in [0, 0.1) is 0 Å². The van der Waals surface area contributed by atoms with Gasteiger partial charge in [-0.3, -0.25) is 9.69 Å². The molecular formula is C14H31N5O3. The minimum absolute atomic E-state index is 0.290. The highest BCUT2D eigenvalue weighted by Crippen LogP contribution is 2.09. The molecule has 0 bridgehead atoms. The van der Waals surface area contributed by atoms with E-state index in [-0.39, 0.29) is 6.03 Å². The first-order valence-electron chi connectivity index (χ1n) is 7.76. The molecule has 0 spiro atoms. The maximum atomic E-state index is 10.9. The third-order valence-electron chi connectivity index (χ3n) is 3.85. The highest BCUT2D eigenvalue weighted by Gasteiger charge is 2.24. The lowest BCUT2D eigenvalue weighted by atomic mass is 10.1. The number of carboxylic acids is 1. The summed E-state index contributed by atoms with van der Waals surface area (Å²) in [5, 5.41) is 8.33. The highest BCUT2D eigenvalue weighted by atomic mass is 16.4. The zero-order valence-corrected chi connectivity index (χ0v) is 13.7. The van der Waals surface area contributed by atoms with Crippen molar-refractivity contribution < 1.29 is 14.7 Å². The number of unbranched alkanes of at least 4 members (excludes halogenated alkanes) is 1. The van der Waals surface area contributed by atoms with Crippen molar-refractivity contribution >= 4 is 12.0 Å². The van der Waals surface area contributed by atoms with E-state index in [1.54, 1.807) is 4.90 Å². The first kappa shape index (κ1) is 20.6. The number of amides is 2. The Morgan fingerprint density at radius 3 is 2.41 bits per heavy atom. The number of primary amides is 1. The average Bonchev–Trinajstić information content (AvgIpc) is 2.48. The van der Waals surface area contributed by atoms with Crippen molar-refractivity contribution in [3.8, 4) is 0 Å². The van der Waals surface area contributed by atoms with Gasteiger partial charge in [0, 0.05) is 25.7 Å². The molecule has 22 heavy (non-hydrogen) atoms. The summed E-state index contributed by atoms with van der Waals surface area (Å²) in [6, 6.07) is -0.528. The van der Waals surface area contributed by atoms with E-state index in [0.29, 0.717) is 19.0 Å². The molecule has 2 amide bonds. The number of carbonyl (C=O) groups excluding carboxylic acids is 1. The van der Waals surface area contributed by atoms with Crippen LogP contribution < -0.4 is 17.2 Å². The number of nitrogens with two attached hydrogens (primary N) is 3. The van der Waals surface area contributed by atoms with Gasteiger partial charge >= 0.3 is 12.0 Å². The quantitative estimate of drug-likeness (QED) is 0.492. The second-order valence-corrected chi connectivity index (χ2v) is 5.56. The summed E-state index contributed by atoms with van der Waals surface area (Å²) in [4.78, 5) is 25.0. The highest BCUT2D eigenvalue weighted by molar-refractivity contribution is 5.73. The maximum Gasteiger partial charge on any atom is 0.320 e. The molecule has 2 atom stereocenters. The molecule has 0 radical (unpaired) electrons. The molecule has 1 heterocycles. The molecule has 1 unspecified atom stereocenters. The van der Waals surface area contributed by atoms with E-state index in [0.717, 1.165) is 38.9 Å². The molecule has 130 valence electrons. The molecule has 7 N–H and O–H groups in total. The van der Waals surface area contributed by atoms with Crippen LogP contribution in [0.1, 0.15) is 32.6 Å². The van der Waals surface area contributed by atoms with Crippen molar-refractivity contribution in [2.45, 2.75) is 44.7 Å². The summed E-state index contributed by atoms with van der Waals surface area (Å²) in [5.74, 6) is -0.933. The van der Waals surface area contributed by atoms with Crippen molar-refractivity contribution in [3.05, 3.63) is 0 Å². The molecule has 8 heteroatoms. The van der Waals surface area contributed by atoms with Crippen LogP contribution in [0.25, 0.3) is 0 Å². The van der Waals surface area contributed by atoms with Crippen LogP contribution in [0.5, 0.6) is 0 Å². The summed E-state index contributed by atoms with van der Waals surface area (Å²) >= 11 is 0. The molecular weight excluding hydrogens is 286 g/mol. The third-order valence-corrected chi connectivity index (χ3v) is 3.85. The minimum Gasteiger partial charge on any atom is -0.480 e. The monoisotopic (exact) mass is 317 g/mol. The zero-order chi connectivity index (χ0) is 17.1. The van der Waals surface area contributed by atoms with Gasteiger partial charge < -0.3 is 27.2 Å². The second kappa shape index (κ2) is 11.2. The Morgan fingerprint density at radius 2 is 1.95 bits per heavy atom. The number of carbonyl (C=O) groups is 2. The minimum atomic E-state index is -0.933. The number of urea groups is 1. The Labute approximate surface area is 132 Å². The van der Waals surface area contributed by atoms with E-state index in [2.05, 4.69) is 18.9 Å². The summed E-state index contributed by atoms with van der Waals surface area (Å²) in [7, 11) is 2.09. The van der Waals surface area contributed by atoms with Crippen molar-refractivity contribution in [1.29, 1.82) is 0 Å². The molecule has 1 aliphatic rings. The van der Waals surface area contributed by atoms with Gasteiger partial charge in [0.25, 0.3) is 0 Å². The smallest absolute Gasteiger partial charge is 0.320 e. The molecule has 1 fully saturated rings. The first-order valence-corrected chi connectivity index (χ1v) is 7.76. The van der Waals surface area contributed by atoms with Gasteiger partial charge in [0.1, 0.15) is 6.04 Å². The van der Waals surface area contributed by atoms with Gasteiger partial charge in [-0.2, -0.15) is 0 Å². The van der Waals surface area contributed by atoms with Crippen molar-refractivity contribution in [3.63, 3.8) is 0 Å². The predicted molar refractivity (Wildman–Crippen MR) is 86.4 cm³/mol. The fraction of sp³-hybridized carbons (Fsp3) is 0.857. The predicted octanol–water partition coefficient (Wildman–Crippen LogP) is -0.382. The summed E-state index contributed by atoms with van der Waals surface area (Å²) in [6.07, 6.45) is 3.23. The van der Waals surface area contributed by atoms with Crippen LogP contribution in [-0.4, -0.2) is 72.2 Å². The van der Waals surface area contributed by atoms with Gasteiger partial charge in [0.05, 0.1) is 0 Å². The Hall–Kier alpha value is -1.38. The number of hydrogen-bond donors (Lipinski definition) is 4. The van der Waals surface area contributed by atoms with Crippen LogP contribution in [0.15, 0.2) is 0 Å². The number of carboxylic acid groups (broad SMARTS) is 1. The Bertz CT molecular complexity index is 340. The van der Waals surface area contributed by atoms with E-state index in [1.807, 2.05) is 0 Å². The topological polar surface area (TPSA) is 139 Å². The third kappa shape index (κ3) is 8.16. The van der Waals surface area contributed by atoms with E-state index in [1.165, 1.54) is 0 Å². The van der Waals surface area contributed by atoms with Crippen molar-refractivity contribution in [2.24, 2.45) is 17.2 Å². The lowest BCUT2D eigenvalue weighted by molar-refractivity contribution is -0.138. The molecule has 0 aromatic heterocycles. The number of piperazine rings is 1. The van der Waals surface area contributed by atoms with Crippen LogP contribution in [0.3, 0.4) is 0 Å². The molecule has 0 aromatic rings. The SMILES string of the molecule is CC[C@H]1CN(C(N)=O)CCN1C.NCCCCC(N)C(=O)O. The Balaban J connectivity index is 0.000000409. The van der Waals surface area contributed by atoms with Gasteiger partial charge in [-0.05, 0) is 32.9 Å². The molecule has 8 nitrogen and oxygen atoms in total. The van der Waals surface area contributed by atoms with Crippen LogP contribution >= 0.6 is 0 Å². The lowest BCUT2D eigenvalue weighted by Gasteiger charge is -2.38. The van der Waals surface area contributed by atoms with Crippen molar-refractivity contribution in [2.75, 3.05) is 33.2 Å². The van der Waals surface area contributed by atoms with Crippen LogP contribution in [-0.2, 0) is 4.79 Å². The van der Waals surface area contributed by atoms with Crippen LogP contribution in [0.4, 0.5) is 4.79 Å². The zero-order valence-electron chi connectivity index (χ0n) is 13.7. The fourth-order valence-corrected chi connectivity index (χ4v) is 2.22. The van der Waals surface area contributed by atoms with E-state index in [4.69, 9.17) is 22.3 Å². The van der Waals surface area contributed by atoms with Crippen molar-refractivity contribution in [1.82, 2.24) is 9.80 Å². The molecule has 1 rings (SSSR count). The lowest BCUT2D eigenvalue weighted by Crippen LogP contribution is -2.54. The van der Waals surface area contributed by atoms with Gasteiger partial charge in [-0.15, -0.1) is 0 Å². The number of likely N-dealkylation sites (N-methyl/N-ethyl adjacent to an activating group) is 1. The van der Waals surface area contributed by atoms with Gasteiger partial charge in [-0.1, -0.05) is 13.3 Å². The summed E-state index contributed by atoms with van der Waals surface area (Å²) in [6.45, 7) is 5.21. The fourth-order valence-electron chi connectivity index (χ4n) is 2.22. The standard InChI is InChI=1S/C8H17N3O.C6H14N2O2/c1-3-7-6-11(8(9)12)5-4-10(7)2;7-4-2-1-3-5(8)6(9)10/h7H,3-6H2,1-2H3,(H2,9,12);5H,1-4,7-8H2,(H,9,10)/t7-;/m0./s1. The van der Waals surface area contributed by atoms with Crippen LogP contribution in [0.2, 0.25) is 0 Å². The molecule has 1 saturated heterocycles. The summed E-state index contributed by atoms with van der Waals surface area (Å²) < 4.78 is 0. The Kier molecular flexibility index (Phi) is 10.5. The maximum absolute atomic E-state index is 10.9. The van der Waals surface area contributed by atoms with Gasteiger partial charge in [-0.25, -0.2) is 4.79 Å². The second-order valence-electron chi connectivity index (χ2n) is 5.56. The Morgan fingerprint density at radius 1 is 1.32 bits per heavy atom. The normalized spacial score (nSPS) is 20.0. The summed E-state index contributed by atoms with van der Waals surface area (Å²) in [5.41, 5.74) is 15.6. The molecule has 0 saturated carbocycles. The number of hydrogen-bond acceptors (Lipinski definition) is 5. The van der Waals surface area contributed by atoms with E-state index in [9.17, 15) is 9.59 Å².